The molecular weight excluding hydrogens is 166 g/mol. The fraction of sp³-hybridized carbons (Fsp3) is 0.889. The molecule has 4 nitrogen and oxygen atoms in total. The third-order valence-corrected chi connectivity index (χ3v) is 2.91. The van der Waals surface area contributed by atoms with Crippen LogP contribution in [0.5, 0.6) is 0 Å². The lowest BCUT2D eigenvalue weighted by Gasteiger charge is -2.47. The minimum atomic E-state index is -0.110. The summed E-state index contributed by atoms with van der Waals surface area (Å²) in [7, 11) is 0. The first kappa shape index (κ1) is 8.81. The number of nitrogens with one attached hydrogen (secondary N) is 1. The van der Waals surface area contributed by atoms with E-state index in [1.54, 1.807) is 4.90 Å². The largest absolute Gasteiger partial charge is 0.335 e. The monoisotopic (exact) mass is 183 g/mol. The molecule has 1 heterocycles. The Bertz CT molecular complexity index is 219. The second kappa shape index (κ2) is 2.87. The third-order valence-electron chi connectivity index (χ3n) is 2.91. The summed E-state index contributed by atoms with van der Waals surface area (Å²) in [5, 5.41) is 2.95. The van der Waals surface area contributed by atoms with Gasteiger partial charge in [0.15, 0.2) is 0 Å². The van der Waals surface area contributed by atoms with Gasteiger partial charge in [-0.15, -0.1) is 0 Å². The molecule has 4 heteroatoms. The highest BCUT2D eigenvalue weighted by atomic mass is 16.2. The van der Waals surface area contributed by atoms with Crippen LogP contribution >= 0.6 is 0 Å². The van der Waals surface area contributed by atoms with Crippen molar-refractivity contribution in [2.75, 3.05) is 13.1 Å². The second-order valence-electron chi connectivity index (χ2n) is 4.30. The summed E-state index contributed by atoms with van der Waals surface area (Å²) in [5.74, 6) is 0. The molecule has 2 fully saturated rings. The molecular formula is C9H17N3O. The van der Waals surface area contributed by atoms with E-state index in [9.17, 15) is 4.79 Å². The summed E-state index contributed by atoms with van der Waals surface area (Å²) in [6.45, 7) is 3.49. The van der Waals surface area contributed by atoms with Gasteiger partial charge in [-0.25, -0.2) is 4.79 Å². The first-order valence-corrected chi connectivity index (χ1v) is 4.97. The Morgan fingerprint density at radius 3 is 2.69 bits per heavy atom. The average molecular weight is 183 g/mol. The van der Waals surface area contributed by atoms with Gasteiger partial charge in [0.05, 0.1) is 5.54 Å². The molecule has 0 aromatic carbocycles. The van der Waals surface area contributed by atoms with Crippen molar-refractivity contribution in [3.8, 4) is 0 Å². The fourth-order valence-corrected chi connectivity index (χ4v) is 1.57. The summed E-state index contributed by atoms with van der Waals surface area (Å²) in [5.41, 5.74) is 5.84. The predicted molar refractivity (Wildman–Crippen MR) is 50.3 cm³/mol. The topological polar surface area (TPSA) is 58.4 Å². The maximum Gasteiger partial charge on any atom is 0.317 e. The molecule has 1 aliphatic carbocycles. The van der Waals surface area contributed by atoms with Crippen LogP contribution in [-0.2, 0) is 0 Å². The van der Waals surface area contributed by atoms with Crippen molar-refractivity contribution in [2.24, 2.45) is 5.73 Å². The molecule has 0 atom stereocenters. The van der Waals surface area contributed by atoms with Gasteiger partial charge in [-0.05, 0) is 19.3 Å². The van der Waals surface area contributed by atoms with Gasteiger partial charge in [0.2, 0.25) is 0 Å². The molecule has 1 saturated carbocycles. The molecule has 2 aliphatic rings. The molecule has 74 valence electrons. The van der Waals surface area contributed by atoms with E-state index in [4.69, 9.17) is 5.73 Å². The predicted octanol–water partition coefficient (Wildman–Crippen LogP) is 0.281. The number of hydrogen-bond donors (Lipinski definition) is 2. The summed E-state index contributed by atoms with van der Waals surface area (Å²) in [4.78, 5) is 13.2. The zero-order valence-corrected chi connectivity index (χ0v) is 8.05. The molecule has 0 aromatic heterocycles. The number of carbonyl (C=O) groups excluding carboxylic acids is 1. The number of hydrogen-bond acceptors (Lipinski definition) is 2. The molecule has 0 bridgehead atoms. The van der Waals surface area contributed by atoms with Crippen molar-refractivity contribution in [3.63, 3.8) is 0 Å². The van der Waals surface area contributed by atoms with Crippen LogP contribution in [0.25, 0.3) is 0 Å². The fourth-order valence-electron chi connectivity index (χ4n) is 1.57. The van der Waals surface area contributed by atoms with Crippen molar-refractivity contribution < 1.29 is 4.79 Å². The number of urea groups is 1. The molecule has 2 rings (SSSR count). The Balaban J connectivity index is 1.75. The summed E-state index contributed by atoms with van der Waals surface area (Å²) in [6, 6.07) is 0.513. The van der Waals surface area contributed by atoms with Gasteiger partial charge in [0, 0.05) is 19.1 Å². The highest BCUT2D eigenvalue weighted by Crippen LogP contribution is 2.23. The first-order valence-electron chi connectivity index (χ1n) is 4.97. The molecule has 2 amide bonds. The highest BCUT2D eigenvalue weighted by molar-refractivity contribution is 5.76. The van der Waals surface area contributed by atoms with Gasteiger partial charge in [-0.1, -0.05) is 6.92 Å². The van der Waals surface area contributed by atoms with Gasteiger partial charge < -0.3 is 16.0 Å². The minimum Gasteiger partial charge on any atom is -0.335 e. The van der Waals surface area contributed by atoms with Crippen LogP contribution in [0.4, 0.5) is 4.79 Å². The van der Waals surface area contributed by atoms with Gasteiger partial charge in [0.1, 0.15) is 0 Å². The van der Waals surface area contributed by atoms with E-state index >= 15 is 0 Å². The van der Waals surface area contributed by atoms with E-state index in [0.717, 1.165) is 19.3 Å². The molecule has 0 aromatic rings. The van der Waals surface area contributed by atoms with Crippen LogP contribution in [0.3, 0.4) is 0 Å². The van der Waals surface area contributed by atoms with Gasteiger partial charge in [-0.3, -0.25) is 0 Å². The second-order valence-corrected chi connectivity index (χ2v) is 4.30. The lowest BCUT2D eigenvalue weighted by molar-refractivity contribution is 0.0934. The van der Waals surface area contributed by atoms with Crippen LogP contribution in [-0.4, -0.2) is 35.6 Å². The number of nitrogens with zero attached hydrogens (tertiary/aromatic N) is 1. The van der Waals surface area contributed by atoms with Gasteiger partial charge in [0.25, 0.3) is 0 Å². The molecule has 0 spiro atoms. The van der Waals surface area contributed by atoms with E-state index in [2.05, 4.69) is 12.2 Å². The smallest absolute Gasteiger partial charge is 0.317 e. The zero-order valence-electron chi connectivity index (χ0n) is 8.05. The molecule has 0 radical (unpaired) electrons. The van der Waals surface area contributed by atoms with E-state index < -0.39 is 0 Å². The normalized spacial score (nSPS) is 25.2. The Kier molecular flexibility index (Phi) is 1.95. The lowest BCUT2D eigenvalue weighted by Crippen LogP contribution is -2.69. The highest BCUT2D eigenvalue weighted by Gasteiger charge is 2.41. The van der Waals surface area contributed by atoms with Crippen LogP contribution in [0, 0.1) is 0 Å². The van der Waals surface area contributed by atoms with E-state index in [1.807, 2.05) is 0 Å². The number of likely N-dealkylation sites (tertiary alicyclic amines) is 1. The summed E-state index contributed by atoms with van der Waals surface area (Å²) in [6.07, 6.45) is 3.22. The molecule has 0 unspecified atom stereocenters. The average Bonchev–Trinajstić information content (AvgIpc) is 2.82. The number of nitrogens with two attached hydrogens (primary N) is 1. The van der Waals surface area contributed by atoms with Crippen molar-refractivity contribution >= 4 is 6.03 Å². The molecule has 1 saturated heterocycles. The molecule has 13 heavy (non-hydrogen) atoms. The van der Waals surface area contributed by atoms with E-state index in [1.165, 1.54) is 0 Å². The van der Waals surface area contributed by atoms with Gasteiger partial charge >= 0.3 is 6.03 Å². The van der Waals surface area contributed by atoms with Gasteiger partial charge in [-0.2, -0.15) is 0 Å². The Morgan fingerprint density at radius 1 is 1.62 bits per heavy atom. The van der Waals surface area contributed by atoms with Crippen molar-refractivity contribution in [1.82, 2.24) is 10.2 Å². The first-order chi connectivity index (χ1) is 6.13. The molecule has 3 N–H and O–H groups in total. The number of amides is 2. The van der Waals surface area contributed by atoms with Crippen molar-refractivity contribution in [3.05, 3.63) is 0 Å². The summed E-state index contributed by atoms with van der Waals surface area (Å²) >= 11 is 0. The van der Waals surface area contributed by atoms with E-state index in [0.29, 0.717) is 19.1 Å². The Morgan fingerprint density at radius 2 is 2.23 bits per heavy atom. The maximum absolute atomic E-state index is 11.4. The standard InChI is InChI=1S/C9H17N3O/c1-2-9(10)5-12(6-9)8(13)11-7-3-4-7/h7H,2-6,10H2,1H3,(H,11,13). The third kappa shape index (κ3) is 1.77. The number of carbonyl (C=O) groups is 1. The van der Waals surface area contributed by atoms with Crippen molar-refractivity contribution in [2.45, 2.75) is 37.8 Å². The van der Waals surface area contributed by atoms with Crippen LogP contribution in [0.1, 0.15) is 26.2 Å². The summed E-state index contributed by atoms with van der Waals surface area (Å²) < 4.78 is 0. The van der Waals surface area contributed by atoms with Crippen molar-refractivity contribution in [1.29, 1.82) is 0 Å². The minimum absolute atomic E-state index is 0.0667. The van der Waals surface area contributed by atoms with Crippen LogP contribution in [0.2, 0.25) is 0 Å². The maximum atomic E-state index is 11.4. The van der Waals surface area contributed by atoms with E-state index in [-0.39, 0.29) is 11.6 Å². The zero-order chi connectivity index (χ0) is 9.47. The Labute approximate surface area is 78.5 Å². The Hall–Kier alpha value is -0.770. The van der Waals surface area contributed by atoms with Crippen LogP contribution < -0.4 is 11.1 Å². The van der Waals surface area contributed by atoms with Crippen LogP contribution in [0.15, 0.2) is 0 Å². The quantitative estimate of drug-likeness (QED) is 0.646. The number of rotatable bonds is 2. The SMILES string of the molecule is CCC1(N)CN(C(=O)NC2CC2)C1. The lowest BCUT2D eigenvalue weighted by atomic mass is 9.89. The molecule has 1 aliphatic heterocycles.